The molecular formula is C13H16N2O3. The van der Waals surface area contributed by atoms with E-state index in [0.717, 1.165) is 12.1 Å². The average Bonchev–Trinajstić information content (AvgIpc) is 2.39. The first kappa shape index (κ1) is 12.6. The highest BCUT2D eigenvalue weighted by atomic mass is 16.4. The molecule has 0 spiro atoms. The Balaban J connectivity index is 2.18. The van der Waals surface area contributed by atoms with Gasteiger partial charge in [-0.15, -0.1) is 0 Å². The van der Waals surface area contributed by atoms with Gasteiger partial charge in [0.1, 0.15) is 0 Å². The number of rotatable bonds is 2. The summed E-state index contributed by atoms with van der Waals surface area (Å²) in [6.07, 6.45) is 0. The predicted octanol–water partition coefficient (Wildman–Crippen LogP) is 0.878. The summed E-state index contributed by atoms with van der Waals surface area (Å²) in [5, 5.41) is 12.3. The van der Waals surface area contributed by atoms with E-state index in [4.69, 9.17) is 5.11 Å². The second-order valence-corrected chi connectivity index (χ2v) is 4.40. The van der Waals surface area contributed by atoms with Gasteiger partial charge in [-0.2, -0.15) is 0 Å². The van der Waals surface area contributed by atoms with Gasteiger partial charge in [-0.05, 0) is 17.7 Å². The van der Waals surface area contributed by atoms with Gasteiger partial charge in [0.05, 0.1) is 5.56 Å². The van der Waals surface area contributed by atoms with Crippen LogP contribution in [0.1, 0.15) is 28.9 Å². The van der Waals surface area contributed by atoms with Crippen molar-refractivity contribution in [2.24, 2.45) is 0 Å². The van der Waals surface area contributed by atoms with Crippen molar-refractivity contribution < 1.29 is 14.7 Å². The second-order valence-electron chi connectivity index (χ2n) is 4.40. The number of carbonyl (C=O) groups is 2. The average molecular weight is 248 g/mol. The SMILES string of the molecule is CC(=O)N1CCNC(c2cccc(C(=O)O)c2)C1. The van der Waals surface area contributed by atoms with Crippen molar-refractivity contribution in [2.75, 3.05) is 19.6 Å². The van der Waals surface area contributed by atoms with Crippen LogP contribution in [0.4, 0.5) is 0 Å². The highest BCUT2D eigenvalue weighted by molar-refractivity contribution is 5.87. The van der Waals surface area contributed by atoms with Crippen LogP contribution in [0, 0.1) is 0 Å². The Labute approximate surface area is 105 Å². The maximum atomic E-state index is 11.4. The third kappa shape index (κ3) is 2.68. The lowest BCUT2D eigenvalue weighted by molar-refractivity contribution is -0.130. The number of carboxylic acids is 1. The van der Waals surface area contributed by atoms with Gasteiger partial charge in [0.25, 0.3) is 0 Å². The Morgan fingerprint density at radius 3 is 2.89 bits per heavy atom. The summed E-state index contributed by atoms with van der Waals surface area (Å²) >= 11 is 0. The number of hydrogen-bond donors (Lipinski definition) is 2. The Kier molecular flexibility index (Phi) is 3.62. The van der Waals surface area contributed by atoms with E-state index >= 15 is 0 Å². The summed E-state index contributed by atoms with van der Waals surface area (Å²) in [7, 11) is 0. The van der Waals surface area contributed by atoms with Gasteiger partial charge >= 0.3 is 5.97 Å². The van der Waals surface area contributed by atoms with Crippen LogP contribution < -0.4 is 5.32 Å². The van der Waals surface area contributed by atoms with Crippen molar-refractivity contribution >= 4 is 11.9 Å². The van der Waals surface area contributed by atoms with Gasteiger partial charge in [-0.3, -0.25) is 4.79 Å². The van der Waals surface area contributed by atoms with E-state index in [0.29, 0.717) is 13.1 Å². The topological polar surface area (TPSA) is 69.6 Å². The molecule has 96 valence electrons. The van der Waals surface area contributed by atoms with E-state index in [1.807, 2.05) is 6.07 Å². The molecular weight excluding hydrogens is 232 g/mol. The van der Waals surface area contributed by atoms with Crippen LogP contribution in [0.3, 0.4) is 0 Å². The first-order valence-corrected chi connectivity index (χ1v) is 5.90. The molecule has 2 rings (SSSR count). The number of benzene rings is 1. The largest absolute Gasteiger partial charge is 0.478 e. The molecule has 0 aliphatic carbocycles. The molecule has 1 aromatic carbocycles. The minimum absolute atomic E-state index is 0.00181. The summed E-state index contributed by atoms with van der Waals surface area (Å²) in [6.45, 7) is 3.56. The van der Waals surface area contributed by atoms with Crippen molar-refractivity contribution in [3.8, 4) is 0 Å². The molecule has 1 heterocycles. The Morgan fingerprint density at radius 1 is 1.44 bits per heavy atom. The van der Waals surface area contributed by atoms with Gasteiger partial charge < -0.3 is 15.3 Å². The number of carboxylic acid groups (broad SMARTS) is 1. The van der Waals surface area contributed by atoms with Gasteiger partial charge in [0.15, 0.2) is 0 Å². The molecule has 1 saturated heterocycles. The molecule has 1 fully saturated rings. The third-order valence-electron chi connectivity index (χ3n) is 3.16. The highest BCUT2D eigenvalue weighted by Crippen LogP contribution is 2.18. The summed E-state index contributed by atoms with van der Waals surface area (Å²) in [4.78, 5) is 24.1. The fourth-order valence-corrected chi connectivity index (χ4v) is 2.15. The number of aromatic carboxylic acids is 1. The predicted molar refractivity (Wildman–Crippen MR) is 66.4 cm³/mol. The van der Waals surface area contributed by atoms with Gasteiger partial charge in [0, 0.05) is 32.6 Å². The maximum absolute atomic E-state index is 11.4. The minimum Gasteiger partial charge on any atom is -0.478 e. The van der Waals surface area contributed by atoms with Crippen molar-refractivity contribution in [3.05, 3.63) is 35.4 Å². The molecule has 1 unspecified atom stereocenters. The first-order chi connectivity index (χ1) is 8.58. The molecule has 0 radical (unpaired) electrons. The molecule has 1 atom stereocenters. The summed E-state index contributed by atoms with van der Waals surface area (Å²) in [6, 6.07) is 6.84. The minimum atomic E-state index is -0.934. The van der Waals surface area contributed by atoms with E-state index in [1.54, 1.807) is 30.0 Å². The number of nitrogens with one attached hydrogen (secondary N) is 1. The van der Waals surface area contributed by atoms with Crippen LogP contribution in [0.25, 0.3) is 0 Å². The molecule has 2 N–H and O–H groups in total. The number of piperazine rings is 1. The molecule has 0 saturated carbocycles. The van der Waals surface area contributed by atoms with Crippen LogP contribution in [0.5, 0.6) is 0 Å². The number of nitrogens with zero attached hydrogens (tertiary/aromatic N) is 1. The Bertz CT molecular complexity index is 473. The van der Waals surface area contributed by atoms with E-state index in [1.165, 1.54) is 0 Å². The number of carbonyl (C=O) groups excluding carboxylic acids is 1. The van der Waals surface area contributed by atoms with Crippen molar-refractivity contribution in [3.63, 3.8) is 0 Å². The van der Waals surface area contributed by atoms with Gasteiger partial charge in [-0.1, -0.05) is 12.1 Å². The van der Waals surface area contributed by atoms with E-state index in [9.17, 15) is 9.59 Å². The number of hydrogen-bond acceptors (Lipinski definition) is 3. The summed E-state index contributed by atoms with van der Waals surface area (Å²) < 4.78 is 0. The molecule has 1 aliphatic rings. The van der Waals surface area contributed by atoms with Gasteiger partial charge in [-0.25, -0.2) is 4.79 Å². The first-order valence-electron chi connectivity index (χ1n) is 5.90. The number of amides is 1. The molecule has 0 aromatic heterocycles. The third-order valence-corrected chi connectivity index (χ3v) is 3.16. The van der Waals surface area contributed by atoms with Crippen molar-refractivity contribution in [1.82, 2.24) is 10.2 Å². The molecule has 0 bridgehead atoms. The summed E-state index contributed by atoms with van der Waals surface area (Å²) in [5.41, 5.74) is 1.18. The zero-order chi connectivity index (χ0) is 13.1. The second kappa shape index (κ2) is 5.18. The van der Waals surface area contributed by atoms with Crippen LogP contribution in [-0.2, 0) is 4.79 Å². The Hall–Kier alpha value is -1.88. The standard InChI is InChI=1S/C13H16N2O3/c1-9(16)15-6-5-14-12(8-15)10-3-2-4-11(7-10)13(17)18/h2-4,7,12,14H,5-6,8H2,1H3,(H,17,18). The molecule has 18 heavy (non-hydrogen) atoms. The quantitative estimate of drug-likeness (QED) is 0.815. The normalized spacial score (nSPS) is 19.6. The summed E-state index contributed by atoms with van der Waals surface area (Å²) in [5.74, 6) is -0.882. The zero-order valence-corrected chi connectivity index (χ0v) is 10.2. The fraction of sp³-hybridized carbons (Fsp3) is 0.385. The van der Waals surface area contributed by atoms with Crippen LogP contribution >= 0.6 is 0 Å². The fourth-order valence-electron chi connectivity index (χ4n) is 2.15. The molecule has 1 aromatic rings. The molecule has 5 heteroatoms. The van der Waals surface area contributed by atoms with E-state index < -0.39 is 5.97 Å². The molecule has 1 amide bonds. The Morgan fingerprint density at radius 2 is 2.22 bits per heavy atom. The highest BCUT2D eigenvalue weighted by Gasteiger charge is 2.22. The maximum Gasteiger partial charge on any atom is 0.335 e. The smallest absolute Gasteiger partial charge is 0.335 e. The van der Waals surface area contributed by atoms with Crippen LogP contribution in [0.15, 0.2) is 24.3 Å². The van der Waals surface area contributed by atoms with E-state index in [2.05, 4.69) is 5.32 Å². The lowest BCUT2D eigenvalue weighted by Gasteiger charge is -2.33. The lowest BCUT2D eigenvalue weighted by Crippen LogP contribution is -2.47. The molecule has 5 nitrogen and oxygen atoms in total. The van der Waals surface area contributed by atoms with E-state index in [-0.39, 0.29) is 17.5 Å². The van der Waals surface area contributed by atoms with Crippen molar-refractivity contribution in [2.45, 2.75) is 13.0 Å². The molecule has 1 aliphatic heterocycles. The van der Waals surface area contributed by atoms with Crippen LogP contribution in [0.2, 0.25) is 0 Å². The van der Waals surface area contributed by atoms with Gasteiger partial charge in [0.2, 0.25) is 5.91 Å². The monoisotopic (exact) mass is 248 g/mol. The lowest BCUT2D eigenvalue weighted by atomic mass is 10.0. The van der Waals surface area contributed by atoms with Crippen LogP contribution in [-0.4, -0.2) is 41.5 Å². The zero-order valence-electron chi connectivity index (χ0n) is 10.2. The van der Waals surface area contributed by atoms with Crippen molar-refractivity contribution in [1.29, 1.82) is 0 Å².